The Balaban J connectivity index is 0.00000144. The minimum Gasteiger partial charge on any atom is -0.375 e. The molecule has 4 nitrogen and oxygen atoms in total. The van der Waals surface area contributed by atoms with Crippen molar-refractivity contribution < 1.29 is 9.53 Å². The Bertz CT molecular complexity index is 247. The van der Waals surface area contributed by atoms with Crippen LogP contribution < -0.4 is 5.32 Å². The van der Waals surface area contributed by atoms with Crippen molar-refractivity contribution >= 4 is 18.3 Å². The second kappa shape index (κ2) is 6.57. The summed E-state index contributed by atoms with van der Waals surface area (Å²) in [6.07, 6.45) is 0.611. The lowest BCUT2D eigenvalue weighted by molar-refractivity contribution is -0.133. The van der Waals surface area contributed by atoms with Crippen molar-refractivity contribution in [3.8, 4) is 0 Å². The maximum atomic E-state index is 12.0. The van der Waals surface area contributed by atoms with Crippen molar-refractivity contribution in [2.75, 3.05) is 32.8 Å². The molecule has 0 aromatic heterocycles. The second-order valence-electron chi connectivity index (χ2n) is 5.15. The first-order chi connectivity index (χ1) is 7.66. The topological polar surface area (TPSA) is 41.6 Å². The Morgan fingerprint density at radius 3 is 2.53 bits per heavy atom. The third-order valence-electron chi connectivity index (χ3n) is 3.75. The molecule has 0 aliphatic carbocycles. The van der Waals surface area contributed by atoms with Crippen LogP contribution in [-0.4, -0.2) is 49.7 Å². The SMILES string of the molecule is CC1CN(C(=O)CC2CNCCO2)CC1C.Cl. The Labute approximate surface area is 109 Å². The van der Waals surface area contributed by atoms with E-state index in [0.29, 0.717) is 18.3 Å². The molecule has 0 spiro atoms. The fraction of sp³-hybridized carbons (Fsp3) is 0.917. The third kappa shape index (κ3) is 3.83. The molecule has 5 heteroatoms. The quantitative estimate of drug-likeness (QED) is 0.804. The molecular formula is C12H23ClN2O2. The number of carbonyl (C=O) groups is 1. The number of nitrogens with one attached hydrogen (secondary N) is 1. The summed E-state index contributed by atoms with van der Waals surface area (Å²) in [6.45, 7) is 8.71. The zero-order valence-electron chi connectivity index (χ0n) is 10.6. The molecule has 1 amide bonds. The molecule has 0 aromatic carbocycles. The highest BCUT2D eigenvalue weighted by Crippen LogP contribution is 2.23. The fourth-order valence-corrected chi connectivity index (χ4v) is 2.41. The van der Waals surface area contributed by atoms with Crippen molar-refractivity contribution in [3.05, 3.63) is 0 Å². The summed E-state index contributed by atoms with van der Waals surface area (Å²) in [5.41, 5.74) is 0. The number of nitrogens with zero attached hydrogens (tertiary/aromatic N) is 1. The van der Waals surface area contributed by atoms with E-state index in [1.54, 1.807) is 0 Å². The number of carbonyl (C=O) groups excluding carboxylic acids is 1. The van der Waals surface area contributed by atoms with Gasteiger partial charge in [0.15, 0.2) is 0 Å². The number of hydrogen-bond acceptors (Lipinski definition) is 3. The van der Waals surface area contributed by atoms with Gasteiger partial charge in [0.25, 0.3) is 0 Å². The number of rotatable bonds is 2. The lowest BCUT2D eigenvalue weighted by Crippen LogP contribution is -2.42. The number of amides is 1. The van der Waals surface area contributed by atoms with Crippen LogP contribution in [0.15, 0.2) is 0 Å². The molecule has 1 N–H and O–H groups in total. The number of likely N-dealkylation sites (tertiary alicyclic amines) is 1. The number of hydrogen-bond donors (Lipinski definition) is 1. The third-order valence-corrected chi connectivity index (χ3v) is 3.75. The van der Waals surface area contributed by atoms with Crippen molar-refractivity contribution in [1.29, 1.82) is 0 Å². The Kier molecular flexibility index (Phi) is 5.70. The van der Waals surface area contributed by atoms with E-state index < -0.39 is 0 Å². The molecule has 2 heterocycles. The Morgan fingerprint density at radius 1 is 1.35 bits per heavy atom. The average Bonchev–Trinajstić information content (AvgIpc) is 2.61. The molecule has 17 heavy (non-hydrogen) atoms. The number of morpholine rings is 1. The molecule has 0 radical (unpaired) electrons. The monoisotopic (exact) mass is 262 g/mol. The van der Waals surface area contributed by atoms with Gasteiger partial charge in [-0.2, -0.15) is 0 Å². The molecule has 3 atom stereocenters. The van der Waals surface area contributed by atoms with Gasteiger partial charge in [-0.15, -0.1) is 12.4 Å². The van der Waals surface area contributed by atoms with E-state index in [4.69, 9.17) is 4.74 Å². The average molecular weight is 263 g/mol. The maximum absolute atomic E-state index is 12.0. The fourth-order valence-electron chi connectivity index (χ4n) is 2.41. The molecule has 3 unspecified atom stereocenters. The standard InChI is InChI=1S/C12H22N2O2.ClH/c1-9-7-14(8-10(9)2)12(15)5-11-6-13-3-4-16-11;/h9-11,13H,3-8H2,1-2H3;1H. The molecule has 100 valence electrons. The van der Waals surface area contributed by atoms with Gasteiger partial charge in [-0.05, 0) is 11.8 Å². The highest BCUT2D eigenvalue weighted by Gasteiger charge is 2.30. The molecule has 0 bridgehead atoms. The lowest BCUT2D eigenvalue weighted by atomic mass is 10.0. The van der Waals surface area contributed by atoms with Gasteiger partial charge in [-0.25, -0.2) is 0 Å². The van der Waals surface area contributed by atoms with Crippen molar-refractivity contribution in [1.82, 2.24) is 10.2 Å². The molecule has 2 saturated heterocycles. The van der Waals surface area contributed by atoms with Crippen LogP contribution in [-0.2, 0) is 9.53 Å². The van der Waals surface area contributed by atoms with Gasteiger partial charge in [0.1, 0.15) is 0 Å². The van der Waals surface area contributed by atoms with Crippen LogP contribution in [0.25, 0.3) is 0 Å². The summed E-state index contributed by atoms with van der Waals surface area (Å²) in [5, 5.41) is 3.25. The number of halogens is 1. The van der Waals surface area contributed by atoms with Crippen molar-refractivity contribution in [2.24, 2.45) is 11.8 Å². The van der Waals surface area contributed by atoms with Crippen LogP contribution >= 0.6 is 12.4 Å². The van der Waals surface area contributed by atoms with Gasteiger partial charge < -0.3 is 15.0 Å². The normalized spacial score (nSPS) is 33.3. The summed E-state index contributed by atoms with van der Waals surface area (Å²) in [5.74, 6) is 1.52. The molecule has 2 fully saturated rings. The van der Waals surface area contributed by atoms with Crippen LogP contribution in [0.5, 0.6) is 0 Å². The van der Waals surface area contributed by atoms with E-state index in [1.165, 1.54) is 0 Å². The molecular weight excluding hydrogens is 240 g/mol. The summed E-state index contributed by atoms with van der Waals surface area (Å²) < 4.78 is 5.55. The highest BCUT2D eigenvalue weighted by atomic mass is 35.5. The highest BCUT2D eigenvalue weighted by molar-refractivity contribution is 5.85. The van der Waals surface area contributed by atoms with Crippen LogP contribution in [0.4, 0.5) is 0 Å². The minimum atomic E-state index is 0. The van der Waals surface area contributed by atoms with Gasteiger partial charge >= 0.3 is 0 Å². The van der Waals surface area contributed by atoms with Gasteiger partial charge in [0, 0.05) is 26.2 Å². The molecule has 2 aliphatic rings. The second-order valence-corrected chi connectivity index (χ2v) is 5.15. The van der Waals surface area contributed by atoms with Crippen molar-refractivity contribution in [2.45, 2.75) is 26.4 Å². The Morgan fingerprint density at radius 2 is 2.00 bits per heavy atom. The molecule has 0 saturated carbocycles. The molecule has 2 aliphatic heterocycles. The molecule has 2 rings (SSSR count). The van der Waals surface area contributed by atoms with Crippen molar-refractivity contribution in [3.63, 3.8) is 0 Å². The summed E-state index contributed by atoms with van der Waals surface area (Å²) >= 11 is 0. The summed E-state index contributed by atoms with van der Waals surface area (Å²) in [7, 11) is 0. The largest absolute Gasteiger partial charge is 0.375 e. The van der Waals surface area contributed by atoms with Crippen LogP contribution in [0.3, 0.4) is 0 Å². The molecule has 0 aromatic rings. The van der Waals surface area contributed by atoms with E-state index in [9.17, 15) is 4.79 Å². The minimum absolute atomic E-state index is 0. The predicted molar refractivity (Wildman–Crippen MR) is 69.4 cm³/mol. The van der Waals surface area contributed by atoms with E-state index >= 15 is 0 Å². The van der Waals surface area contributed by atoms with E-state index in [1.807, 2.05) is 4.90 Å². The summed E-state index contributed by atoms with van der Waals surface area (Å²) in [4.78, 5) is 14.0. The smallest absolute Gasteiger partial charge is 0.225 e. The summed E-state index contributed by atoms with van der Waals surface area (Å²) in [6, 6.07) is 0. The predicted octanol–water partition coefficient (Wildman–Crippen LogP) is 0.901. The van der Waals surface area contributed by atoms with E-state index in [2.05, 4.69) is 19.2 Å². The zero-order valence-corrected chi connectivity index (χ0v) is 11.5. The first-order valence-corrected chi connectivity index (χ1v) is 6.27. The van der Waals surface area contributed by atoms with Crippen LogP contribution in [0.2, 0.25) is 0 Å². The Hall–Kier alpha value is -0.320. The van der Waals surface area contributed by atoms with Gasteiger partial charge in [-0.1, -0.05) is 13.8 Å². The van der Waals surface area contributed by atoms with Gasteiger partial charge in [0.05, 0.1) is 19.1 Å². The maximum Gasteiger partial charge on any atom is 0.225 e. The first-order valence-electron chi connectivity index (χ1n) is 6.27. The van der Waals surface area contributed by atoms with Gasteiger partial charge in [0.2, 0.25) is 5.91 Å². The van der Waals surface area contributed by atoms with Gasteiger partial charge in [-0.3, -0.25) is 4.79 Å². The lowest BCUT2D eigenvalue weighted by Gasteiger charge is -2.25. The van der Waals surface area contributed by atoms with E-state index in [-0.39, 0.29) is 24.4 Å². The van der Waals surface area contributed by atoms with E-state index in [0.717, 1.165) is 32.8 Å². The van der Waals surface area contributed by atoms with Crippen LogP contribution in [0, 0.1) is 11.8 Å². The first kappa shape index (κ1) is 14.7. The number of ether oxygens (including phenoxy) is 1. The van der Waals surface area contributed by atoms with Crippen LogP contribution in [0.1, 0.15) is 20.3 Å². The zero-order chi connectivity index (χ0) is 11.5.